The van der Waals surface area contributed by atoms with Crippen LogP contribution < -0.4 is 15.2 Å². The summed E-state index contributed by atoms with van der Waals surface area (Å²) in [5.74, 6) is 1.35. The normalized spacial score (nSPS) is 20.0. The molecule has 0 spiro atoms. The van der Waals surface area contributed by atoms with Crippen LogP contribution in [0.3, 0.4) is 0 Å². The molecule has 5 heteroatoms. The average Bonchev–Trinajstić information content (AvgIpc) is 2.52. The first-order valence-corrected chi connectivity index (χ1v) is 7.43. The zero-order valence-corrected chi connectivity index (χ0v) is 12.7. The van der Waals surface area contributed by atoms with E-state index in [9.17, 15) is 4.79 Å². The van der Waals surface area contributed by atoms with Crippen molar-refractivity contribution in [2.45, 2.75) is 38.3 Å². The van der Waals surface area contributed by atoms with Crippen LogP contribution in [0.1, 0.15) is 26.2 Å². The van der Waals surface area contributed by atoms with Gasteiger partial charge in [0, 0.05) is 24.7 Å². The molecule has 0 unspecified atom stereocenters. The molecule has 1 fully saturated rings. The molecule has 1 aliphatic rings. The van der Waals surface area contributed by atoms with Crippen molar-refractivity contribution >= 4 is 5.91 Å². The number of piperidine rings is 1. The molecule has 1 aliphatic heterocycles. The third-order valence-electron chi connectivity index (χ3n) is 3.88. The number of ether oxygens (including phenoxy) is 2. The summed E-state index contributed by atoms with van der Waals surface area (Å²) in [5.41, 5.74) is 5.99. The maximum Gasteiger partial charge on any atom is 0.260 e. The molecule has 2 atom stereocenters. The highest BCUT2D eigenvalue weighted by Gasteiger charge is 2.29. The van der Waals surface area contributed by atoms with Crippen molar-refractivity contribution in [2.75, 3.05) is 20.3 Å². The first-order chi connectivity index (χ1) is 10.1. The summed E-state index contributed by atoms with van der Waals surface area (Å²) < 4.78 is 10.7. The van der Waals surface area contributed by atoms with E-state index in [1.165, 1.54) is 0 Å². The first kappa shape index (κ1) is 15.6. The molecule has 1 heterocycles. The Kier molecular flexibility index (Phi) is 5.44. The number of carbonyl (C=O) groups is 1. The van der Waals surface area contributed by atoms with E-state index >= 15 is 0 Å². The molecule has 1 aromatic rings. The van der Waals surface area contributed by atoms with Crippen molar-refractivity contribution in [3.8, 4) is 11.5 Å². The van der Waals surface area contributed by atoms with Crippen molar-refractivity contribution in [3.63, 3.8) is 0 Å². The molecule has 0 saturated carbocycles. The SMILES string of the molecule is COc1cccc(OCC(=O)N2CCCC[C@@H]2[C@H](C)N)c1. The number of hydrogen-bond acceptors (Lipinski definition) is 4. The van der Waals surface area contributed by atoms with Crippen LogP contribution in [0.2, 0.25) is 0 Å². The van der Waals surface area contributed by atoms with Crippen molar-refractivity contribution in [1.82, 2.24) is 4.90 Å². The van der Waals surface area contributed by atoms with Gasteiger partial charge in [-0.25, -0.2) is 0 Å². The van der Waals surface area contributed by atoms with Crippen LogP contribution in [0.25, 0.3) is 0 Å². The Morgan fingerprint density at radius 2 is 2.19 bits per heavy atom. The fourth-order valence-electron chi connectivity index (χ4n) is 2.73. The fraction of sp³-hybridized carbons (Fsp3) is 0.562. The summed E-state index contributed by atoms with van der Waals surface area (Å²) in [6, 6.07) is 7.38. The van der Waals surface area contributed by atoms with E-state index in [2.05, 4.69) is 0 Å². The molecule has 0 aromatic heterocycles. The van der Waals surface area contributed by atoms with Crippen LogP contribution in [0.5, 0.6) is 11.5 Å². The lowest BCUT2D eigenvalue weighted by Crippen LogP contribution is -2.52. The van der Waals surface area contributed by atoms with Gasteiger partial charge in [0.2, 0.25) is 0 Å². The number of amides is 1. The third kappa shape index (κ3) is 4.11. The van der Waals surface area contributed by atoms with Crippen LogP contribution in [0.15, 0.2) is 24.3 Å². The number of methoxy groups -OCH3 is 1. The smallest absolute Gasteiger partial charge is 0.260 e. The minimum Gasteiger partial charge on any atom is -0.497 e. The second-order valence-corrected chi connectivity index (χ2v) is 5.48. The van der Waals surface area contributed by atoms with Gasteiger partial charge in [0.05, 0.1) is 7.11 Å². The van der Waals surface area contributed by atoms with E-state index in [4.69, 9.17) is 15.2 Å². The van der Waals surface area contributed by atoms with Crippen LogP contribution in [-0.4, -0.2) is 43.2 Å². The van der Waals surface area contributed by atoms with E-state index in [1.54, 1.807) is 13.2 Å². The number of nitrogens with two attached hydrogens (primary N) is 1. The standard InChI is InChI=1S/C16H24N2O3/c1-12(17)15-8-3-4-9-18(15)16(19)11-21-14-7-5-6-13(10-14)20-2/h5-7,10,12,15H,3-4,8-9,11,17H2,1-2H3/t12-,15+/m0/s1. The summed E-state index contributed by atoms with van der Waals surface area (Å²) in [4.78, 5) is 14.2. The zero-order chi connectivity index (χ0) is 15.2. The first-order valence-electron chi connectivity index (χ1n) is 7.43. The van der Waals surface area contributed by atoms with Crippen LogP contribution >= 0.6 is 0 Å². The second kappa shape index (κ2) is 7.31. The molecule has 2 rings (SSSR count). The summed E-state index contributed by atoms with van der Waals surface area (Å²) in [5, 5.41) is 0. The summed E-state index contributed by atoms with van der Waals surface area (Å²) in [6.07, 6.45) is 3.14. The maximum atomic E-state index is 12.4. The van der Waals surface area contributed by atoms with E-state index in [0.29, 0.717) is 11.5 Å². The second-order valence-electron chi connectivity index (χ2n) is 5.48. The number of hydrogen-bond donors (Lipinski definition) is 1. The Hall–Kier alpha value is -1.75. The van der Waals surface area contributed by atoms with Gasteiger partial charge in [0.15, 0.2) is 6.61 Å². The lowest BCUT2D eigenvalue weighted by atomic mass is 9.97. The Labute approximate surface area is 126 Å². The molecule has 5 nitrogen and oxygen atoms in total. The van der Waals surface area contributed by atoms with Gasteiger partial charge >= 0.3 is 0 Å². The Bertz CT molecular complexity index is 476. The fourth-order valence-corrected chi connectivity index (χ4v) is 2.73. The molecule has 0 bridgehead atoms. The third-order valence-corrected chi connectivity index (χ3v) is 3.88. The van der Waals surface area contributed by atoms with Crippen LogP contribution in [0.4, 0.5) is 0 Å². The van der Waals surface area contributed by atoms with Gasteiger partial charge in [-0.15, -0.1) is 0 Å². The molecule has 116 valence electrons. The molecule has 0 radical (unpaired) electrons. The maximum absolute atomic E-state index is 12.4. The molecular weight excluding hydrogens is 268 g/mol. The molecule has 0 aliphatic carbocycles. The molecular formula is C16H24N2O3. The van der Waals surface area contributed by atoms with Crippen LogP contribution in [0, 0.1) is 0 Å². The Balaban J connectivity index is 1.93. The van der Waals surface area contributed by atoms with Gasteiger partial charge in [-0.2, -0.15) is 0 Å². The van der Waals surface area contributed by atoms with Gasteiger partial charge in [0.25, 0.3) is 5.91 Å². The average molecular weight is 292 g/mol. The number of nitrogens with zero attached hydrogens (tertiary/aromatic N) is 1. The largest absolute Gasteiger partial charge is 0.497 e. The highest BCUT2D eigenvalue weighted by Crippen LogP contribution is 2.21. The lowest BCUT2D eigenvalue weighted by Gasteiger charge is -2.38. The highest BCUT2D eigenvalue weighted by atomic mass is 16.5. The summed E-state index contributed by atoms with van der Waals surface area (Å²) >= 11 is 0. The van der Waals surface area contributed by atoms with Gasteiger partial charge in [-0.1, -0.05) is 6.07 Å². The number of benzene rings is 1. The Morgan fingerprint density at radius 1 is 1.43 bits per heavy atom. The van der Waals surface area contributed by atoms with Crippen molar-refractivity contribution < 1.29 is 14.3 Å². The van der Waals surface area contributed by atoms with E-state index < -0.39 is 0 Å². The predicted molar refractivity (Wildman–Crippen MR) is 81.5 cm³/mol. The summed E-state index contributed by atoms with van der Waals surface area (Å²) in [6.45, 7) is 2.77. The number of likely N-dealkylation sites (tertiary alicyclic amines) is 1. The quantitative estimate of drug-likeness (QED) is 0.899. The van der Waals surface area contributed by atoms with Crippen molar-refractivity contribution in [2.24, 2.45) is 5.73 Å². The van der Waals surface area contributed by atoms with Crippen LogP contribution in [-0.2, 0) is 4.79 Å². The minimum absolute atomic E-state index is 0.000167. The zero-order valence-electron chi connectivity index (χ0n) is 12.7. The van der Waals surface area contributed by atoms with Crippen molar-refractivity contribution in [3.05, 3.63) is 24.3 Å². The molecule has 21 heavy (non-hydrogen) atoms. The molecule has 1 amide bonds. The van der Waals surface area contributed by atoms with Crippen molar-refractivity contribution in [1.29, 1.82) is 0 Å². The van der Waals surface area contributed by atoms with Gasteiger partial charge < -0.3 is 20.1 Å². The molecule has 1 saturated heterocycles. The van der Waals surface area contributed by atoms with Gasteiger partial charge in [-0.3, -0.25) is 4.79 Å². The summed E-state index contributed by atoms with van der Waals surface area (Å²) in [7, 11) is 1.60. The topological polar surface area (TPSA) is 64.8 Å². The van der Waals surface area contributed by atoms with E-state index in [-0.39, 0.29) is 24.6 Å². The molecule has 1 aromatic carbocycles. The van der Waals surface area contributed by atoms with Gasteiger partial charge in [-0.05, 0) is 38.3 Å². The molecule has 2 N–H and O–H groups in total. The number of carbonyl (C=O) groups excluding carboxylic acids is 1. The highest BCUT2D eigenvalue weighted by molar-refractivity contribution is 5.78. The Morgan fingerprint density at radius 3 is 2.90 bits per heavy atom. The van der Waals surface area contributed by atoms with E-state index in [1.807, 2.05) is 30.0 Å². The number of rotatable bonds is 5. The van der Waals surface area contributed by atoms with E-state index in [0.717, 1.165) is 25.8 Å². The predicted octanol–water partition coefficient (Wildman–Crippen LogP) is 1.80. The lowest BCUT2D eigenvalue weighted by molar-refractivity contribution is -0.137. The minimum atomic E-state index is -0.00827. The van der Waals surface area contributed by atoms with Gasteiger partial charge in [0.1, 0.15) is 11.5 Å². The monoisotopic (exact) mass is 292 g/mol.